The number of hydrogen-bond acceptors (Lipinski definition) is 2. The Morgan fingerprint density at radius 2 is 2.00 bits per heavy atom. The Hall–Kier alpha value is -1.20. The van der Waals surface area contributed by atoms with Gasteiger partial charge in [-0.2, -0.15) is 5.10 Å². The summed E-state index contributed by atoms with van der Waals surface area (Å²) in [4.78, 5) is 0. The van der Waals surface area contributed by atoms with Crippen LogP contribution in [0.2, 0.25) is 0 Å². The largest absolute Gasteiger partial charge is 0.305 e. The molecule has 5 heteroatoms. The Kier molecular flexibility index (Phi) is 4.94. The minimum Gasteiger partial charge on any atom is -0.305 e. The Balaban J connectivity index is 2.07. The van der Waals surface area contributed by atoms with E-state index in [1.54, 1.807) is 0 Å². The van der Waals surface area contributed by atoms with E-state index in [2.05, 4.69) is 40.2 Å². The lowest BCUT2D eigenvalue weighted by molar-refractivity contribution is 0.529. The molecule has 0 spiro atoms. The maximum Gasteiger partial charge on any atom is 0.123 e. The van der Waals surface area contributed by atoms with E-state index in [0.29, 0.717) is 6.54 Å². The van der Waals surface area contributed by atoms with E-state index < -0.39 is 0 Å². The molecule has 0 unspecified atom stereocenters. The lowest BCUT2D eigenvalue weighted by atomic mass is 10.1. The smallest absolute Gasteiger partial charge is 0.123 e. The normalized spacial score (nSPS) is 12.7. The number of aromatic nitrogens is 2. The lowest BCUT2D eigenvalue weighted by Crippen LogP contribution is -2.20. The van der Waals surface area contributed by atoms with Gasteiger partial charge in [0, 0.05) is 19.1 Å². The van der Waals surface area contributed by atoms with Crippen molar-refractivity contribution in [3.63, 3.8) is 0 Å². The molecule has 0 fully saturated rings. The Morgan fingerprint density at radius 1 is 1.35 bits per heavy atom. The van der Waals surface area contributed by atoms with Crippen molar-refractivity contribution in [1.29, 1.82) is 0 Å². The molecule has 0 saturated carbocycles. The Bertz CT molecular complexity index is 578. The van der Waals surface area contributed by atoms with Crippen molar-refractivity contribution in [3.05, 3.63) is 51.5 Å². The van der Waals surface area contributed by atoms with Crippen LogP contribution in [0, 0.1) is 12.7 Å². The molecule has 0 amide bonds. The molecule has 1 aromatic carbocycles. The fraction of sp³-hybridized carbons (Fsp3) is 0.400. The summed E-state index contributed by atoms with van der Waals surface area (Å²) in [5, 5.41) is 7.92. The second kappa shape index (κ2) is 6.50. The maximum absolute atomic E-state index is 12.9. The van der Waals surface area contributed by atoms with Crippen LogP contribution < -0.4 is 5.32 Å². The first-order chi connectivity index (χ1) is 9.52. The molecule has 1 N–H and O–H groups in total. The van der Waals surface area contributed by atoms with Gasteiger partial charge in [0.1, 0.15) is 5.82 Å². The van der Waals surface area contributed by atoms with Crippen LogP contribution in [0.4, 0.5) is 4.39 Å². The summed E-state index contributed by atoms with van der Waals surface area (Å²) in [6.07, 6.45) is 0. The fourth-order valence-corrected chi connectivity index (χ4v) is 2.58. The number of hydrogen-bond donors (Lipinski definition) is 1. The molecule has 0 aliphatic carbocycles. The Labute approximate surface area is 127 Å². The average molecular weight is 340 g/mol. The van der Waals surface area contributed by atoms with Crippen LogP contribution >= 0.6 is 15.9 Å². The SMILES string of the molecule is CCn1nc(C)c(Br)c1CN[C@@H](C)c1ccc(F)cc1. The van der Waals surface area contributed by atoms with Gasteiger partial charge in [-0.1, -0.05) is 12.1 Å². The van der Waals surface area contributed by atoms with E-state index in [9.17, 15) is 4.39 Å². The molecule has 0 radical (unpaired) electrons. The van der Waals surface area contributed by atoms with Crippen LogP contribution in [-0.4, -0.2) is 9.78 Å². The molecule has 1 atom stereocenters. The number of nitrogens with zero attached hydrogens (tertiary/aromatic N) is 2. The minimum atomic E-state index is -0.205. The third-order valence-corrected chi connectivity index (χ3v) is 4.43. The van der Waals surface area contributed by atoms with Crippen molar-refractivity contribution in [2.45, 2.75) is 39.9 Å². The zero-order chi connectivity index (χ0) is 14.7. The molecule has 0 aliphatic heterocycles. The summed E-state index contributed by atoms with van der Waals surface area (Å²) in [5.74, 6) is -0.205. The number of benzene rings is 1. The summed E-state index contributed by atoms with van der Waals surface area (Å²) in [6, 6.07) is 6.76. The van der Waals surface area contributed by atoms with Crippen LogP contribution in [0.15, 0.2) is 28.7 Å². The van der Waals surface area contributed by atoms with Crippen LogP contribution in [-0.2, 0) is 13.1 Å². The first kappa shape index (κ1) is 15.2. The van der Waals surface area contributed by atoms with E-state index in [1.807, 2.05) is 23.7 Å². The molecular weight excluding hydrogens is 321 g/mol. The van der Waals surface area contributed by atoms with Crippen LogP contribution in [0.3, 0.4) is 0 Å². The first-order valence-electron chi connectivity index (χ1n) is 6.73. The molecule has 0 bridgehead atoms. The van der Waals surface area contributed by atoms with Crippen molar-refractivity contribution in [1.82, 2.24) is 15.1 Å². The summed E-state index contributed by atoms with van der Waals surface area (Å²) in [7, 11) is 0. The average Bonchev–Trinajstić information content (AvgIpc) is 2.72. The highest BCUT2D eigenvalue weighted by Crippen LogP contribution is 2.22. The quantitative estimate of drug-likeness (QED) is 0.893. The van der Waals surface area contributed by atoms with Gasteiger partial charge in [-0.05, 0) is 54.4 Å². The molecule has 2 aromatic rings. The second-order valence-electron chi connectivity index (χ2n) is 4.82. The van der Waals surface area contributed by atoms with Gasteiger partial charge in [-0.3, -0.25) is 4.68 Å². The van der Waals surface area contributed by atoms with Gasteiger partial charge in [-0.15, -0.1) is 0 Å². The number of nitrogens with one attached hydrogen (secondary N) is 1. The fourth-order valence-electron chi connectivity index (χ4n) is 2.16. The van der Waals surface area contributed by atoms with Gasteiger partial charge in [0.2, 0.25) is 0 Å². The predicted octanol–water partition coefficient (Wildman–Crippen LogP) is 3.96. The van der Waals surface area contributed by atoms with Crippen LogP contribution in [0.25, 0.3) is 0 Å². The maximum atomic E-state index is 12.9. The topological polar surface area (TPSA) is 29.9 Å². The van der Waals surface area contributed by atoms with Gasteiger partial charge in [-0.25, -0.2) is 4.39 Å². The summed E-state index contributed by atoms with van der Waals surface area (Å²) < 4.78 is 16.0. The molecule has 0 saturated heterocycles. The number of aryl methyl sites for hydroxylation is 2. The van der Waals surface area contributed by atoms with Crippen LogP contribution in [0.1, 0.15) is 36.8 Å². The standard InChI is InChI=1S/C15H19BrFN3/c1-4-20-14(15(16)11(3)19-20)9-18-10(2)12-5-7-13(17)8-6-12/h5-8,10,18H,4,9H2,1-3H3/t10-/m0/s1. The van der Waals surface area contributed by atoms with Crippen molar-refractivity contribution < 1.29 is 4.39 Å². The highest BCUT2D eigenvalue weighted by Gasteiger charge is 2.13. The number of halogens is 2. The summed E-state index contributed by atoms with van der Waals surface area (Å²) in [6.45, 7) is 7.69. The molecule has 20 heavy (non-hydrogen) atoms. The third-order valence-electron chi connectivity index (χ3n) is 3.40. The predicted molar refractivity (Wildman–Crippen MR) is 82.0 cm³/mol. The van der Waals surface area contributed by atoms with E-state index >= 15 is 0 Å². The number of rotatable bonds is 5. The minimum absolute atomic E-state index is 0.156. The zero-order valence-corrected chi connectivity index (χ0v) is 13.5. The molecule has 2 rings (SSSR count). The van der Waals surface area contributed by atoms with E-state index in [-0.39, 0.29) is 11.9 Å². The molecule has 108 valence electrons. The zero-order valence-electron chi connectivity index (χ0n) is 12.0. The summed E-state index contributed by atoms with van der Waals surface area (Å²) in [5.41, 5.74) is 3.21. The lowest BCUT2D eigenvalue weighted by Gasteiger charge is -2.15. The van der Waals surface area contributed by atoms with Crippen LogP contribution in [0.5, 0.6) is 0 Å². The van der Waals surface area contributed by atoms with Gasteiger partial charge in [0.15, 0.2) is 0 Å². The van der Waals surface area contributed by atoms with Gasteiger partial charge >= 0.3 is 0 Å². The first-order valence-corrected chi connectivity index (χ1v) is 7.52. The van der Waals surface area contributed by atoms with E-state index in [4.69, 9.17) is 0 Å². The van der Waals surface area contributed by atoms with Crippen molar-refractivity contribution in [3.8, 4) is 0 Å². The highest BCUT2D eigenvalue weighted by atomic mass is 79.9. The molecular formula is C15H19BrFN3. The van der Waals surface area contributed by atoms with Crippen molar-refractivity contribution >= 4 is 15.9 Å². The van der Waals surface area contributed by atoms with Crippen molar-refractivity contribution in [2.75, 3.05) is 0 Å². The summed E-state index contributed by atoms with van der Waals surface area (Å²) >= 11 is 3.58. The van der Waals surface area contributed by atoms with Gasteiger partial charge < -0.3 is 5.32 Å². The van der Waals surface area contributed by atoms with Gasteiger partial charge in [0.25, 0.3) is 0 Å². The molecule has 1 heterocycles. The molecule has 1 aromatic heterocycles. The van der Waals surface area contributed by atoms with E-state index in [1.165, 1.54) is 12.1 Å². The van der Waals surface area contributed by atoms with Gasteiger partial charge in [0.05, 0.1) is 15.9 Å². The molecule has 3 nitrogen and oxygen atoms in total. The van der Waals surface area contributed by atoms with Crippen molar-refractivity contribution in [2.24, 2.45) is 0 Å². The Morgan fingerprint density at radius 3 is 2.60 bits per heavy atom. The highest BCUT2D eigenvalue weighted by molar-refractivity contribution is 9.10. The third kappa shape index (κ3) is 3.27. The monoisotopic (exact) mass is 339 g/mol. The van der Waals surface area contributed by atoms with E-state index in [0.717, 1.165) is 28.0 Å². The molecule has 0 aliphatic rings. The second-order valence-corrected chi connectivity index (χ2v) is 5.61.